The maximum absolute atomic E-state index is 12.1. The predicted octanol–water partition coefficient (Wildman–Crippen LogP) is -1.11. The van der Waals surface area contributed by atoms with Gasteiger partial charge in [0, 0.05) is 6.20 Å². The minimum absolute atomic E-state index is 0.621. The molecule has 0 atom stereocenters. The molecule has 0 fully saturated rings. The van der Waals surface area contributed by atoms with E-state index in [1.807, 2.05) is 4.98 Å². The maximum atomic E-state index is 12.1. The van der Waals surface area contributed by atoms with Gasteiger partial charge in [0.15, 0.2) is 4.90 Å². The van der Waals surface area contributed by atoms with E-state index in [-0.39, 0.29) is 0 Å². The topological polar surface area (TPSA) is 132 Å². The first kappa shape index (κ1) is 15.6. The fraction of sp³-hybridized carbons (Fsp3) is 0.600. The van der Waals surface area contributed by atoms with Crippen molar-refractivity contribution >= 4 is 10.0 Å². The Morgan fingerprint density at radius 1 is 1.21 bits per heavy atom. The Labute approximate surface area is 109 Å². The van der Waals surface area contributed by atoms with Crippen LogP contribution in [0.4, 0.5) is 0 Å². The van der Waals surface area contributed by atoms with Crippen molar-refractivity contribution in [2.75, 3.05) is 0 Å². The van der Waals surface area contributed by atoms with Crippen molar-refractivity contribution in [1.29, 1.82) is 0 Å². The van der Waals surface area contributed by atoms with Crippen LogP contribution in [0.3, 0.4) is 0 Å². The van der Waals surface area contributed by atoms with Gasteiger partial charge in [0.1, 0.15) is 0 Å². The van der Waals surface area contributed by atoms with Gasteiger partial charge in [-0.2, -0.15) is 0 Å². The molecule has 0 spiro atoms. The summed E-state index contributed by atoms with van der Waals surface area (Å²) in [7, 11) is -4.17. The molecule has 108 valence electrons. The molecule has 0 aliphatic heterocycles. The van der Waals surface area contributed by atoms with Crippen LogP contribution >= 0.6 is 0 Å². The summed E-state index contributed by atoms with van der Waals surface area (Å²) >= 11 is 0. The molecular weight excluding hydrogens is 274 g/mol. The van der Waals surface area contributed by atoms with Crippen LogP contribution in [0.15, 0.2) is 20.7 Å². The number of hydrogen-bond acceptors (Lipinski definition) is 5. The fourth-order valence-electron chi connectivity index (χ4n) is 1.11. The smallest absolute Gasteiger partial charge is 0.325 e. The fourth-order valence-corrected chi connectivity index (χ4v) is 2.65. The molecule has 8 nitrogen and oxygen atoms in total. The van der Waals surface area contributed by atoms with Gasteiger partial charge in [0.2, 0.25) is 10.0 Å². The second-order valence-electron chi connectivity index (χ2n) is 5.23. The van der Waals surface area contributed by atoms with Crippen molar-refractivity contribution in [3.05, 3.63) is 27.0 Å². The summed E-state index contributed by atoms with van der Waals surface area (Å²) in [6.07, 6.45) is 0.809. The van der Waals surface area contributed by atoms with Crippen LogP contribution in [0.1, 0.15) is 27.7 Å². The molecule has 19 heavy (non-hydrogen) atoms. The van der Waals surface area contributed by atoms with E-state index in [0.29, 0.717) is 0 Å². The van der Waals surface area contributed by atoms with Crippen molar-refractivity contribution in [1.82, 2.24) is 14.7 Å². The number of rotatable bonds is 4. The molecule has 1 rings (SSSR count). The van der Waals surface area contributed by atoms with Gasteiger partial charge >= 0.3 is 5.69 Å². The lowest BCUT2D eigenvalue weighted by atomic mass is 9.87. The summed E-state index contributed by atoms with van der Waals surface area (Å²) in [5.74, 6) is 0. The Hall–Kier alpha value is -1.45. The Balaban J connectivity index is 3.27. The average Bonchev–Trinajstić information content (AvgIpc) is 2.12. The Kier molecular flexibility index (Phi) is 3.76. The van der Waals surface area contributed by atoms with Crippen molar-refractivity contribution in [3.63, 3.8) is 0 Å². The van der Waals surface area contributed by atoms with E-state index in [1.54, 1.807) is 0 Å². The predicted molar refractivity (Wildman–Crippen MR) is 68.4 cm³/mol. The van der Waals surface area contributed by atoms with Gasteiger partial charge in [-0.25, -0.2) is 17.9 Å². The van der Waals surface area contributed by atoms with Gasteiger partial charge in [-0.15, -0.1) is 0 Å². The highest BCUT2D eigenvalue weighted by Crippen LogP contribution is 2.22. The van der Waals surface area contributed by atoms with Crippen LogP contribution in [-0.4, -0.2) is 34.6 Å². The van der Waals surface area contributed by atoms with Gasteiger partial charge in [-0.05, 0) is 27.7 Å². The number of aromatic amines is 2. The summed E-state index contributed by atoms with van der Waals surface area (Å²) < 4.78 is 26.4. The minimum Gasteiger partial charge on any atom is -0.389 e. The number of aromatic nitrogens is 2. The molecule has 0 aliphatic carbocycles. The molecule has 0 saturated carbocycles. The van der Waals surface area contributed by atoms with Gasteiger partial charge in [-0.3, -0.25) is 9.78 Å². The van der Waals surface area contributed by atoms with E-state index in [2.05, 4.69) is 9.71 Å². The molecule has 0 aromatic carbocycles. The summed E-state index contributed by atoms with van der Waals surface area (Å²) in [5.41, 5.74) is -4.39. The Morgan fingerprint density at radius 2 is 1.74 bits per heavy atom. The van der Waals surface area contributed by atoms with Gasteiger partial charge in [-0.1, -0.05) is 0 Å². The standard InChI is InChI=1S/C10H17N3O5S/c1-9(2,10(3,4)16)13-19(17,18)6-5-11-8(15)12-7(6)14/h5,13,16H,1-4H3,(H2,11,12,14,15). The second-order valence-corrected chi connectivity index (χ2v) is 6.88. The Morgan fingerprint density at radius 3 is 2.16 bits per heavy atom. The van der Waals surface area contributed by atoms with Gasteiger partial charge < -0.3 is 10.1 Å². The van der Waals surface area contributed by atoms with Crippen molar-refractivity contribution < 1.29 is 13.5 Å². The largest absolute Gasteiger partial charge is 0.389 e. The second kappa shape index (κ2) is 4.58. The molecule has 4 N–H and O–H groups in total. The lowest BCUT2D eigenvalue weighted by Crippen LogP contribution is -2.58. The average molecular weight is 291 g/mol. The van der Waals surface area contributed by atoms with Crippen LogP contribution in [-0.2, 0) is 10.0 Å². The lowest BCUT2D eigenvalue weighted by molar-refractivity contribution is 0.00637. The normalized spacial score (nSPS) is 13.5. The Bertz CT molecular complexity index is 678. The monoisotopic (exact) mass is 291 g/mol. The van der Waals surface area contributed by atoms with E-state index in [0.717, 1.165) is 6.20 Å². The first-order valence-electron chi connectivity index (χ1n) is 5.45. The maximum Gasteiger partial charge on any atom is 0.325 e. The highest BCUT2D eigenvalue weighted by Gasteiger charge is 2.39. The van der Waals surface area contributed by atoms with Gasteiger partial charge in [0.05, 0.1) is 11.1 Å². The molecule has 0 bridgehead atoms. The van der Waals surface area contributed by atoms with Crippen LogP contribution < -0.4 is 16.0 Å². The van der Waals surface area contributed by atoms with Crippen molar-refractivity contribution in [3.8, 4) is 0 Å². The van der Waals surface area contributed by atoms with Gasteiger partial charge in [0.25, 0.3) is 5.56 Å². The zero-order valence-electron chi connectivity index (χ0n) is 11.1. The molecule has 0 saturated heterocycles. The third kappa shape index (κ3) is 3.31. The van der Waals surface area contributed by atoms with Crippen LogP contribution in [0.5, 0.6) is 0 Å². The summed E-state index contributed by atoms with van der Waals surface area (Å²) in [4.78, 5) is 25.6. The number of nitrogens with one attached hydrogen (secondary N) is 3. The van der Waals surface area contributed by atoms with E-state index in [1.165, 1.54) is 27.7 Å². The molecule has 0 unspecified atom stereocenters. The minimum atomic E-state index is -4.17. The quantitative estimate of drug-likeness (QED) is 0.558. The number of H-pyrrole nitrogens is 2. The molecule has 0 aliphatic rings. The summed E-state index contributed by atoms with van der Waals surface area (Å²) in [6.45, 7) is 5.83. The number of hydrogen-bond donors (Lipinski definition) is 4. The van der Waals surface area contributed by atoms with Crippen LogP contribution in [0, 0.1) is 0 Å². The van der Waals surface area contributed by atoms with Crippen molar-refractivity contribution in [2.24, 2.45) is 0 Å². The highest BCUT2D eigenvalue weighted by atomic mass is 32.2. The molecule has 9 heteroatoms. The SMILES string of the molecule is CC(C)(O)C(C)(C)NS(=O)(=O)c1c[nH]c(=O)[nH]c1=O. The van der Waals surface area contributed by atoms with E-state index < -0.39 is 37.3 Å². The van der Waals surface area contributed by atoms with E-state index in [4.69, 9.17) is 0 Å². The zero-order valence-corrected chi connectivity index (χ0v) is 11.9. The third-order valence-corrected chi connectivity index (χ3v) is 4.66. The van der Waals surface area contributed by atoms with Crippen LogP contribution in [0.2, 0.25) is 0 Å². The molecule has 1 aromatic rings. The highest BCUT2D eigenvalue weighted by molar-refractivity contribution is 7.89. The first-order chi connectivity index (χ1) is 8.37. The summed E-state index contributed by atoms with van der Waals surface area (Å²) in [6, 6.07) is 0. The molecule has 1 aromatic heterocycles. The van der Waals surface area contributed by atoms with E-state index >= 15 is 0 Å². The number of aliphatic hydroxyl groups is 1. The first-order valence-corrected chi connectivity index (χ1v) is 6.93. The lowest BCUT2D eigenvalue weighted by Gasteiger charge is -2.37. The molecular formula is C10H17N3O5S. The van der Waals surface area contributed by atoms with E-state index in [9.17, 15) is 23.1 Å². The third-order valence-electron chi connectivity index (χ3n) is 2.99. The number of sulfonamides is 1. The molecule has 0 radical (unpaired) electrons. The molecule has 0 amide bonds. The summed E-state index contributed by atoms with van der Waals surface area (Å²) in [5, 5.41) is 9.90. The van der Waals surface area contributed by atoms with Crippen molar-refractivity contribution in [2.45, 2.75) is 43.7 Å². The van der Waals surface area contributed by atoms with Crippen LogP contribution in [0.25, 0.3) is 0 Å². The zero-order chi connectivity index (χ0) is 15.1. The molecule has 1 heterocycles.